The van der Waals surface area contributed by atoms with Crippen molar-refractivity contribution in [1.82, 2.24) is 10.2 Å². The minimum Gasteiger partial charge on any atom is -0.497 e. The van der Waals surface area contributed by atoms with Crippen molar-refractivity contribution in [1.29, 1.82) is 0 Å². The molecule has 0 bridgehead atoms. The molecule has 9 nitrogen and oxygen atoms in total. The summed E-state index contributed by atoms with van der Waals surface area (Å²) < 4.78 is 37.4. The van der Waals surface area contributed by atoms with Gasteiger partial charge in [-0.05, 0) is 43.0 Å². The van der Waals surface area contributed by atoms with Gasteiger partial charge in [-0.25, -0.2) is 8.42 Å². The number of methoxy groups -OCH3 is 2. The van der Waals surface area contributed by atoms with Crippen molar-refractivity contribution in [3.63, 3.8) is 0 Å². The Morgan fingerprint density at radius 2 is 1.76 bits per heavy atom. The molecule has 0 saturated carbocycles. The number of nitrogens with zero attached hydrogens (tertiary/aromatic N) is 2. The fourth-order valence-electron chi connectivity index (χ4n) is 3.98. The van der Waals surface area contributed by atoms with Crippen LogP contribution >= 0.6 is 0 Å². The standard InChI is InChI=1S/C27H39N3O6S/c1-7-9-16-28-27(32)23(8-2)29(18-21-13-11-10-12-20(21)3)26(31)19-30(37(6,33)34)24-17-22(35-4)14-15-25(24)36-5/h10-15,17,23H,7-9,16,18-19H2,1-6H3,(H,28,32)/t23-/m1/s1. The lowest BCUT2D eigenvalue weighted by atomic mass is 10.1. The number of sulfonamides is 1. The van der Waals surface area contributed by atoms with Gasteiger partial charge in [0, 0.05) is 19.2 Å². The maximum absolute atomic E-state index is 13.8. The van der Waals surface area contributed by atoms with Crippen LogP contribution in [-0.4, -0.2) is 64.7 Å². The first-order chi connectivity index (χ1) is 17.6. The molecular weight excluding hydrogens is 494 g/mol. The van der Waals surface area contributed by atoms with Gasteiger partial charge in [0.05, 0.1) is 26.2 Å². The molecule has 2 aromatic carbocycles. The number of unbranched alkanes of at least 4 members (excludes halogenated alkanes) is 1. The lowest BCUT2D eigenvalue weighted by molar-refractivity contribution is -0.140. The Hall–Kier alpha value is -3.27. The van der Waals surface area contributed by atoms with Crippen LogP contribution in [0.1, 0.15) is 44.2 Å². The van der Waals surface area contributed by atoms with E-state index in [0.29, 0.717) is 18.7 Å². The summed E-state index contributed by atoms with van der Waals surface area (Å²) in [6, 6.07) is 11.6. The summed E-state index contributed by atoms with van der Waals surface area (Å²) in [7, 11) is -1.02. The molecular formula is C27H39N3O6S. The van der Waals surface area contributed by atoms with E-state index in [9.17, 15) is 18.0 Å². The quantitative estimate of drug-likeness (QED) is 0.373. The van der Waals surface area contributed by atoms with Crippen molar-refractivity contribution >= 4 is 27.5 Å². The van der Waals surface area contributed by atoms with E-state index in [1.807, 2.05) is 45.0 Å². The first kappa shape index (κ1) is 30.0. The number of nitrogens with one attached hydrogen (secondary N) is 1. The van der Waals surface area contributed by atoms with Gasteiger partial charge in [-0.1, -0.05) is 44.5 Å². The Bertz CT molecular complexity index is 1170. The summed E-state index contributed by atoms with van der Waals surface area (Å²) in [6.07, 6.45) is 3.15. The monoisotopic (exact) mass is 533 g/mol. The highest BCUT2D eigenvalue weighted by atomic mass is 32.2. The molecule has 2 rings (SSSR count). The molecule has 0 saturated heterocycles. The molecule has 0 aromatic heterocycles. The van der Waals surface area contributed by atoms with Gasteiger partial charge in [0.25, 0.3) is 0 Å². The van der Waals surface area contributed by atoms with E-state index in [1.165, 1.54) is 25.2 Å². The smallest absolute Gasteiger partial charge is 0.244 e. The van der Waals surface area contributed by atoms with Crippen molar-refractivity contribution in [2.24, 2.45) is 0 Å². The van der Waals surface area contributed by atoms with Gasteiger partial charge in [0.1, 0.15) is 24.1 Å². The second-order valence-corrected chi connectivity index (χ2v) is 10.7. The summed E-state index contributed by atoms with van der Waals surface area (Å²) in [4.78, 5) is 28.4. The third kappa shape index (κ3) is 8.11. The summed E-state index contributed by atoms with van der Waals surface area (Å²) in [5.74, 6) is -0.0805. The normalized spacial score (nSPS) is 11.9. The van der Waals surface area contributed by atoms with E-state index in [4.69, 9.17) is 9.47 Å². The van der Waals surface area contributed by atoms with E-state index < -0.39 is 28.5 Å². The predicted octanol–water partition coefficient (Wildman–Crippen LogP) is 3.50. The van der Waals surface area contributed by atoms with Crippen LogP contribution in [0.25, 0.3) is 0 Å². The molecule has 0 spiro atoms. The molecule has 0 fully saturated rings. The van der Waals surface area contributed by atoms with Gasteiger partial charge in [-0.3, -0.25) is 13.9 Å². The SMILES string of the molecule is CCCCNC(=O)[C@@H](CC)N(Cc1ccccc1C)C(=O)CN(c1cc(OC)ccc1OC)S(C)(=O)=O. The summed E-state index contributed by atoms with van der Waals surface area (Å²) in [5, 5.41) is 2.92. The number of aryl methyl sites for hydroxylation is 1. The summed E-state index contributed by atoms with van der Waals surface area (Å²) >= 11 is 0. The fraction of sp³-hybridized carbons (Fsp3) is 0.481. The maximum atomic E-state index is 13.8. The van der Waals surface area contributed by atoms with Crippen LogP contribution < -0.4 is 19.1 Å². The molecule has 0 aliphatic carbocycles. The van der Waals surface area contributed by atoms with Crippen LogP contribution in [0.2, 0.25) is 0 Å². The Balaban J connectivity index is 2.51. The van der Waals surface area contributed by atoms with E-state index in [-0.39, 0.29) is 23.9 Å². The van der Waals surface area contributed by atoms with Gasteiger partial charge in [0.15, 0.2) is 0 Å². The molecule has 204 valence electrons. The third-order valence-electron chi connectivity index (χ3n) is 6.15. The highest BCUT2D eigenvalue weighted by Crippen LogP contribution is 2.34. The highest BCUT2D eigenvalue weighted by Gasteiger charge is 2.32. The zero-order chi connectivity index (χ0) is 27.6. The number of hydrogen-bond donors (Lipinski definition) is 1. The summed E-state index contributed by atoms with van der Waals surface area (Å²) in [6.45, 7) is 5.97. The van der Waals surface area contributed by atoms with Crippen molar-refractivity contribution in [2.45, 2.75) is 52.6 Å². The average Bonchev–Trinajstić information content (AvgIpc) is 2.87. The minimum absolute atomic E-state index is 0.165. The molecule has 2 aromatic rings. The van der Waals surface area contributed by atoms with Gasteiger partial charge in [0.2, 0.25) is 21.8 Å². The van der Waals surface area contributed by atoms with Crippen LogP contribution in [0, 0.1) is 6.92 Å². The molecule has 0 unspecified atom stereocenters. The average molecular weight is 534 g/mol. The zero-order valence-electron chi connectivity index (χ0n) is 22.6. The van der Waals surface area contributed by atoms with Crippen LogP contribution in [0.4, 0.5) is 5.69 Å². The molecule has 2 amide bonds. The van der Waals surface area contributed by atoms with E-state index in [1.54, 1.807) is 12.1 Å². The summed E-state index contributed by atoms with van der Waals surface area (Å²) in [5.41, 5.74) is 2.02. The number of carbonyl (C=O) groups is 2. The maximum Gasteiger partial charge on any atom is 0.244 e. The molecule has 10 heteroatoms. The Labute approximate surface area is 220 Å². The third-order valence-corrected chi connectivity index (χ3v) is 7.28. The number of anilines is 1. The molecule has 0 heterocycles. The Morgan fingerprint density at radius 1 is 1.05 bits per heavy atom. The van der Waals surface area contributed by atoms with Crippen LogP contribution in [0.15, 0.2) is 42.5 Å². The Morgan fingerprint density at radius 3 is 2.32 bits per heavy atom. The highest BCUT2D eigenvalue weighted by molar-refractivity contribution is 7.92. The van der Waals surface area contributed by atoms with Crippen molar-refractivity contribution in [3.05, 3.63) is 53.6 Å². The minimum atomic E-state index is -3.91. The van der Waals surface area contributed by atoms with Crippen molar-refractivity contribution in [2.75, 3.05) is 37.9 Å². The molecule has 1 atom stereocenters. The van der Waals surface area contributed by atoms with Gasteiger partial charge in [-0.15, -0.1) is 0 Å². The van der Waals surface area contributed by atoms with Crippen LogP contribution in [0.3, 0.4) is 0 Å². The molecule has 37 heavy (non-hydrogen) atoms. The van der Waals surface area contributed by atoms with E-state index >= 15 is 0 Å². The number of carbonyl (C=O) groups excluding carboxylic acids is 2. The lowest BCUT2D eigenvalue weighted by Gasteiger charge is -2.33. The first-order valence-corrected chi connectivity index (χ1v) is 14.2. The second kappa shape index (κ2) is 13.9. The largest absolute Gasteiger partial charge is 0.497 e. The zero-order valence-corrected chi connectivity index (χ0v) is 23.4. The lowest BCUT2D eigenvalue weighted by Crippen LogP contribution is -2.52. The fourth-order valence-corrected chi connectivity index (χ4v) is 4.83. The molecule has 0 aliphatic rings. The molecule has 1 N–H and O–H groups in total. The predicted molar refractivity (Wildman–Crippen MR) is 145 cm³/mol. The number of ether oxygens (including phenoxy) is 2. The molecule has 0 aliphatic heterocycles. The van der Waals surface area contributed by atoms with Crippen LogP contribution in [0.5, 0.6) is 11.5 Å². The first-order valence-electron chi connectivity index (χ1n) is 12.4. The van der Waals surface area contributed by atoms with Crippen molar-refractivity contribution < 1.29 is 27.5 Å². The van der Waals surface area contributed by atoms with Crippen LogP contribution in [-0.2, 0) is 26.2 Å². The van der Waals surface area contributed by atoms with Crippen molar-refractivity contribution in [3.8, 4) is 11.5 Å². The van der Waals surface area contributed by atoms with E-state index in [2.05, 4.69) is 5.32 Å². The number of benzene rings is 2. The number of hydrogen-bond acceptors (Lipinski definition) is 6. The second-order valence-electron chi connectivity index (χ2n) is 8.82. The Kier molecular flexibility index (Phi) is 11.2. The van der Waals surface area contributed by atoms with E-state index in [0.717, 1.165) is 34.5 Å². The number of amides is 2. The van der Waals surface area contributed by atoms with Gasteiger partial charge >= 0.3 is 0 Å². The number of rotatable bonds is 14. The topological polar surface area (TPSA) is 105 Å². The molecule has 0 radical (unpaired) electrons. The van der Waals surface area contributed by atoms with Gasteiger partial charge < -0.3 is 19.7 Å². The van der Waals surface area contributed by atoms with Gasteiger partial charge in [-0.2, -0.15) is 0 Å².